The molecule has 20 heavy (non-hydrogen) atoms. The fourth-order valence-corrected chi connectivity index (χ4v) is 2.18. The normalized spacial score (nSPS) is 10.9. The van der Waals surface area contributed by atoms with Gasteiger partial charge in [0, 0.05) is 30.9 Å². The smallest absolute Gasteiger partial charge is 0.224 e. The van der Waals surface area contributed by atoms with Crippen molar-refractivity contribution >= 4 is 11.8 Å². The molecule has 0 aliphatic carbocycles. The van der Waals surface area contributed by atoms with E-state index in [-0.39, 0.29) is 0 Å². The van der Waals surface area contributed by atoms with E-state index < -0.39 is 0 Å². The molecular weight excluding hydrogens is 248 g/mol. The second-order valence-corrected chi connectivity index (χ2v) is 5.61. The first-order valence-electron chi connectivity index (χ1n) is 7.94. The number of rotatable bonds is 9. The van der Waals surface area contributed by atoms with Crippen molar-refractivity contribution in [3.8, 4) is 0 Å². The number of aryl methyl sites for hydroxylation is 1. The monoisotopic (exact) mass is 278 g/mol. The molecule has 0 unspecified atom stereocenters. The largest absolute Gasteiger partial charge is 0.354 e. The summed E-state index contributed by atoms with van der Waals surface area (Å²) in [6, 6.07) is 2.54. The number of hydrogen-bond acceptors (Lipinski definition) is 4. The molecule has 1 aromatic rings. The molecule has 4 heteroatoms. The molecule has 1 N–H and O–H groups in total. The summed E-state index contributed by atoms with van der Waals surface area (Å²) in [5.41, 5.74) is 1.02. The third-order valence-corrected chi connectivity index (χ3v) is 3.29. The molecule has 0 radical (unpaired) electrons. The van der Waals surface area contributed by atoms with Crippen molar-refractivity contribution in [1.82, 2.24) is 9.97 Å². The fourth-order valence-electron chi connectivity index (χ4n) is 2.18. The van der Waals surface area contributed by atoms with Gasteiger partial charge < -0.3 is 10.2 Å². The molecule has 0 atom stereocenters. The van der Waals surface area contributed by atoms with Crippen molar-refractivity contribution in [3.63, 3.8) is 0 Å². The van der Waals surface area contributed by atoms with Gasteiger partial charge in [0.25, 0.3) is 0 Å². The van der Waals surface area contributed by atoms with Crippen LogP contribution < -0.4 is 10.2 Å². The average Bonchev–Trinajstić information content (AvgIpc) is 2.40. The molecule has 0 aliphatic rings. The van der Waals surface area contributed by atoms with Crippen molar-refractivity contribution in [2.75, 3.05) is 23.3 Å². The van der Waals surface area contributed by atoms with Gasteiger partial charge in [0.15, 0.2) is 0 Å². The molecule has 0 bridgehead atoms. The van der Waals surface area contributed by atoms with Crippen LogP contribution in [0.1, 0.15) is 59.1 Å². The SMILES string of the molecule is CCCCCN(c1cc(C)nc(NCCC)n1)C(C)C. The van der Waals surface area contributed by atoms with Crippen molar-refractivity contribution in [3.05, 3.63) is 11.8 Å². The summed E-state index contributed by atoms with van der Waals surface area (Å²) in [5, 5.41) is 3.29. The second kappa shape index (κ2) is 8.77. The van der Waals surface area contributed by atoms with Gasteiger partial charge in [0.1, 0.15) is 5.82 Å². The van der Waals surface area contributed by atoms with Crippen LogP contribution in [0.25, 0.3) is 0 Å². The molecule has 0 aromatic carbocycles. The average molecular weight is 278 g/mol. The van der Waals surface area contributed by atoms with Gasteiger partial charge in [0.2, 0.25) is 5.95 Å². The van der Waals surface area contributed by atoms with E-state index in [1.807, 2.05) is 6.92 Å². The fraction of sp³-hybridized carbons (Fsp3) is 0.750. The number of nitrogens with zero attached hydrogens (tertiary/aromatic N) is 3. The maximum Gasteiger partial charge on any atom is 0.224 e. The van der Waals surface area contributed by atoms with Gasteiger partial charge in [-0.1, -0.05) is 26.7 Å². The van der Waals surface area contributed by atoms with Gasteiger partial charge in [0.05, 0.1) is 0 Å². The molecule has 0 saturated heterocycles. The predicted molar refractivity (Wildman–Crippen MR) is 87.6 cm³/mol. The minimum atomic E-state index is 0.459. The predicted octanol–water partition coefficient (Wildman–Crippen LogP) is 4.01. The van der Waals surface area contributed by atoms with Crippen LogP contribution in [0, 0.1) is 6.92 Å². The first kappa shape index (κ1) is 16.7. The highest BCUT2D eigenvalue weighted by Gasteiger charge is 2.13. The van der Waals surface area contributed by atoms with Crippen molar-refractivity contribution in [2.45, 2.75) is 66.3 Å². The van der Waals surface area contributed by atoms with Crippen LogP contribution in [0.5, 0.6) is 0 Å². The van der Waals surface area contributed by atoms with E-state index in [0.717, 1.165) is 37.0 Å². The van der Waals surface area contributed by atoms with Crippen molar-refractivity contribution in [2.24, 2.45) is 0 Å². The first-order valence-corrected chi connectivity index (χ1v) is 7.94. The lowest BCUT2D eigenvalue weighted by Gasteiger charge is -2.28. The molecule has 0 amide bonds. The van der Waals surface area contributed by atoms with Gasteiger partial charge in [-0.15, -0.1) is 0 Å². The number of nitrogens with one attached hydrogen (secondary N) is 1. The van der Waals surface area contributed by atoms with Crippen LogP contribution in [-0.4, -0.2) is 29.1 Å². The Morgan fingerprint density at radius 2 is 1.90 bits per heavy atom. The van der Waals surface area contributed by atoms with Crippen molar-refractivity contribution < 1.29 is 0 Å². The molecule has 0 spiro atoms. The Kier molecular flexibility index (Phi) is 7.34. The lowest BCUT2D eigenvalue weighted by Crippen LogP contribution is -2.32. The van der Waals surface area contributed by atoms with Crippen LogP contribution >= 0.6 is 0 Å². The Hall–Kier alpha value is -1.32. The topological polar surface area (TPSA) is 41.1 Å². The highest BCUT2D eigenvalue weighted by atomic mass is 15.2. The van der Waals surface area contributed by atoms with Crippen LogP contribution in [0.15, 0.2) is 6.07 Å². The van der Waals surface area contributed by atoms with Gasteiger partial charge in [-0.2, -0.15) is 4.98 Å². The van der Waals surface area contributed by atoms with E-state index in [1.165, 1.54) is 19.3 Å². The van der Waals surface area contributed by atoms with Gasteiger partial charge in [-0.05, 0) is 33.6 Å². The van der Waals surface area contributed by atoms with E-state index in [2.05, 4.69) is 53.9 Å². The Bertz CT molecular complexity index is 390. The number of anilines is 2. The Morgan fingerprint density at radius 1 is 1.15 bits per heavy atom. The van der Waals surface area contributed by atoms with Gasteiger partial charge in [-0.3, -0.25) is 0 Å². The molecule has 0 fully saturated rings. The van der Waals surface area contributed by atoms with E-state index in [1.54, 1.807) is 0 Å². The van der Waals surface area contributed by atoms with Crippen LogP contribution in [0.3, 0.4) is 0 Å². The van der Waals surface area contributed by atoms with Crippen LogP contribution in [0.2, 0.25) is 0 Å². The molecule has 0 saturated carbocycles. The minimum absolute atomic E-state index is 0.459. The first-order chi connectivity index (χ1) is 9.58. The summed E-state index contributed by atoms with van der Waals surface area (Å²) in [5.74, 6) is 1.80. The lowest BCUT2D eigenvalue weighted by atomic mass is 10.2. The summed E-state index contributed by atoms with van der Waals surface area (Å²) >= 11 is 0. The molecule has 1 rings (SSSR count). The number of unbranched alkanes of at least 4 members (excludes halogenated alkanes) is 2. The molecule has 1 heterocycles. The molecule has 1 aromatic heterocycles. The van der Waals surface area contributed by atoms with Gasteiger partial charge >= 0.3 is 0 Å². The van der Waals surface area contributed by atoms with Crippen LogP contribution in [0.4, 0.5) is 11.8 Å². The Labute approximate surface area is 124 Å². The second-order valence-electron chi connectivity index (χ2n) is 5.61. The third kappa shape index (κ3) is 5.35. The number of hydrogen-bond donors (Lipinski definition) is 1. The molecular formula is C16H30N4. The standard InChI is InChI=1S/C16H30N4/c1-6-8-9-11-20(13(3)4)15-12-14(5)18-16(19-15)17-10-7-2/h12-13H,6-11H2,1-5H3,(H,17,18,19). The lowest BCUT2D eigenvalue weighted by molar-refractivity contribution is 0.619. The van der Waals surface area contributed by atoms with Crippen molar-refractivity contribution in [1.29, 1.82) is 0 Å². The summed E-state index contributed by atoms with van der Waals surface area (Å²) in [6.07, 6.45) is 4.82. The third-order valence-electron chi connectivity index (χ3n) is 3.29. The van der Waals surface area contributed by atoms with E-state index in [0.29, 0.717) is 6.04 Å². The molecule has 114 valence electrons. The summed E-state index contributed by atoms with van der Waals surface area (Å²) in [7, 11) is 0. The zero-order chi connectivity index (χ0) is 15.0. The van der Waals surface area contributed by atoms with E-state index in [9.17, 15) is 0 Å². The van der Waals surface area contributed by atoms with Gasteiger partial charge in [-0.25, -0.2) is 4.98 Å². The summed E-state index contributed by atoms with van der Waals surface area (Å²) in [4.78, 5) is 11.5. The number of aromatic nitrogens is 2. The Balaban J connectivity index is 2.85. The zero-order valence-electron chi connectivity index (χ0n) is 13.7. The van der Waals surface area contributed by atoms with E-state index >= 15 is 0 Å². The molecule has 0 aliphatic heterocycles. The van der Waals surface area contributed by atoms with Crippen LogP contribution in [-0.2, 0) is 0 Å². The van der Waals surface area contributed by atoms with E-state index in [4.69, 9.17) is 0 Å². The highest BCUT2D eigenvalue weighted by molar-refractivity contribution is 5.45. The minimum Gasteiger partial charge on any atom is -0.354 e. The quantitative estimate of drug-likeness (QED) is 0.693. The maximum atomic E-state index is 4.68. The zero-order valence-corrected chi connectivity index (χ0v) is 13.7. The summed E-state index contributed by atoms with van der Waals surface area (Å²) < 4.78 is 0. The maximum absolute atomic E-state index is 4.68. The highest BCUT2D eigenvalue weighted by Crippen LogP contribution is 2.18. The summed E-state index contributed by atoms with van der Waals surface area (Å²) in [6.45, 7) is 12.9. The molecule has 4 nitrogen and oxygen atoms in total. The Morgan fingerprint density at radius 3 is 2.50 bits per heavy atom.